The molecule has 2 aromatic carbocycles. The Hall–Kier alpha value is -1.67. The Kier molecular flexibility index (Phi) is 6.63. The zero-order chi connectivity index (χ0) is 19.5. The number of carbonyl (C=O) groups is 2. The number of ketones is 1. The van der Waals surface area contributed by atoms with Gasteiger partial charge in [0.2, 0.25) is 0 Å². The van der Waals surface area contributed by atoms with Gasteiger partial charge in [0.15, 0.2) is 5.78 Å². The number of ether oxygens (including phenoxy) is 1. The largest absolute Gasteiger partial charge is 0.444 e. The van der Waals surface area contributed by atoms with Gasteiger partial charge in [-0.3, -0.25) is 4.79 Å². The van der Waals surface area contributed by atoms with E-state index in [0.29, 0.717) is 5.56 Å². The van der Waals surface area contributed by atoms with Crippen molar-refractivity contribution in [1.29, 1.82) is 0 Å². The highest BCUT2D eigenvalue weighted by molar-refractivity contribution is 14.1. The van der Waals surface area contributed by atoms with Crippen LogP contribution < -0.4 is 5.32 Å². The molecule has 4 nitrogen and oxygen atoms in total. The third kappa shape index (κ3) is 5.67. The zero-order valence-corrected chi connectivity index (χ0v) is 17.4. The van der Waals surface area contributed by atoms with Crippen molar-refractivity contribution in [1.82, 2.24) is 5.32 Å². The lowest BCUT2D eigenvalue weighted by Crippen LogP contribution is -2.38. The van der Waals surface area contributed by atoms with E-state index in [1.54, 1.807) is 45.0 Å². The van der Waals surface area contributed by atoms with Gasteiger partial charge in [-0.15, -0.1) is 0 Å². The van der Waals surface area contributed by atoms with Crippen molar-refractivity contribution < 1.29 is 18.7 Å². The number of halogens is 3. The minimum Gasteiger partial charge on any atom is -0.444 e. The molecule has 0 radical (unpaired) electrons. The summed E-state index contributed by atoms with van der Waals surface area (Å²) in [6.45, 7) is 5.10. The average molecular weight is 490 g/mol. The van der Waals surface area contributed by atoms with E-state index in [1.807, 2.05) is 0 Å². The first-order valence-electron chi connectivity index (χ1n) is 7.81. The molecule has 0 aliphatic carbocycles. The van der Waals surface area contributed by atoms with E-state index < -0.39 is 29.3 Å². The maximum atomic E-state index is 14.4. The summed E-state index contributed by atoms with van der Waals surface area (Å²) in [7, 11) is 0. The van der Waals surface area contributed by atoms with Gasteiger partial charge in [0, 0.05) is 19.7 Å². The van der Waals surface area contributed by atoms with Crippen LogP contribution in [-0.2, 0) is 4.74 Å². The minimum atomic E-state index is -1.23. The highest BCUT2D eigenvalue weighted by Crippen LogP contribution is 2.25. The van der Waals surface area contributed by atoms with Crippen LogP contribution in [0.1, 0.15) is 42.7 Å². The monoisotopic (exact) mass is 489 g/mol. The predicted octanol–water partition coefficient (Wildman–Crippen LogP) is 5.53. The van der Waals surface area contributed by atoms with Crippen LogP contribution in [0.2, 0.25) is 5.02 Å². The number of hydrogen-bond acceptors (Lipinski definition) is 3. The van der Waals surface area contributed by atoms with Gasteiger partial charge in [-0.05, 0) is 67.6 Å². The standard InChI is InChI=1S/C19H18ClFINO3/c1-19(2,3)26-18(25)23-16(14-9-6-12(20)10-15(14)21)17(24)11-4-7-13(22)8-5-11/h4-10,16H,1-3H3,(H,23,25). The van der Waals surface area contributed by atoms with Crippen molar-refractivity contribution in [3.63, 3.8) is 0 Å². The molecular formula is C19H18ClFINO3. The van der Waals surface area contributed by atoms with Gasteiger partial charge in [0.1, 0.15) is 17.5 Å². The van der Waals surface area contributed by atoms with E-state index in [0.717, 1.165) is 9.64 Å². The van der Waals surface area contributed by atoms with Crippen molar-refractivity contribution >= 4 is 46.1 Å². The number of amides is 1. The summed E-state index contributed by atoms with van der Waals surface area (Å²) in [5.41, 5.74) is -0.386. The van der Waals surface area contributed by atoms with Gasteiger partial charge in [-0.2, -0.15) is 0 Å². The Labute approximate surface area is 170 Å². The fraction of sp³-hybridized carbons (Fsp3) is 0.263. The van der Waals surface area contributed by atoms with Gasteiger partial charge in [-0.25, -0.2) is 9.18 Å². The summed E-state index contributed by atoms with van der Waals surface area (Å²) in [4.78, 5) is 25.1. The maximum absolute atomic E-state index is 14.4. The van der Waals surface area contributed by atoms with Gasteiger partial charge >= 0.3 is 6.09 Å². The molecular weight excluding hydrogens is 472 g/mol. The highest BCUT2D eigenvalue weighted by Gasteiger charge is 2.29. The third-order valence-corrected chi connectivity index (χ3v) is 4.28. The molecule has 2 rings (SSSR count). The van der Waals surface area contributed by atoms with Gasteiger partial charge in [0.25, 0.3) is 0 Å². The molecule has 7 heteroatoms. The molecule has 1 atom stereocenters. The summed E-state index contributed by atoms with van der Waals surface area (Å²) in [6.07, 6.45) is -0.810. The minimum absolute atomic E-state index is 0.0174. The lowest BCUT2D eigenvalue weighted by atomic mass is 9.97. The molecule has 0 fully saturated rings. The van der Waals surface area contributed by atoms with Crippen molar-refractivity contribution in [2.24, 2.45) is 0 Å². The summed E-state index contributed by atoms with van der Waals surface area (Å²) >= 11 is 7.91. The normalized spacial score (nSPS) is 12.4. The highest BCUT2D eigenvalue weighted by atomic mass is 127. The molecule has 1 amide bonds. The molecule has 0 aliphatic rings. The number of hydrogen-bond donors (Lipinski definition) is 1. The lowest BCUT2D eigenvalue weighted by Gasteiger charge is -2.23. The van der Waals surface area contributed by atoms with Gasteiger partial charge < -0.3 is 10.1 Å². The van der Waals surface area contributed by atoms with Crippen molar-refractivity contribution in [2.45, 2.75) is 32.4 Å². The topological polar surface area (TPSA) is 55.4 Å². The fourth-order valence-electron chi connectivity index (χ4n) is 2.23. The molecule has 138 valence electrons. The molecule has 2 aromatic rings. The van der Waals surface area contributed by atoms with Crippen LogP contribution in [0, 0.1) is 9.39 Å². The van der Waals surface area contributed by atoms with Crippen LogP contribution in [0.25, 0.3) is 0 Å². The summed E-state index contributed by atoms with van der Waals surface area (Å²) in [5, 5.41) is 2.67. The SMILES string of the molecule is CC(C)(C)OC(=O)NC(C(=O)c1ccc(I)cc1)c1ccc(Cl)cc1F. The molecule has 26 heavy (non-hydrogen) atoms. The number of rotatable bonds is 4. The Morgan fingerprint density at radius 2 is 1.77 bits per heavy atom. The smallest absolute Gasteiger partial charge is 0.408 e. The van der Waals surface area contributed by atoms with Gasteiger partial charge in [0.05, 0.1) is 0 Å². The Morgan fingerprint density at radius 3 is 2.31 bits per heavy atom. The summed E-state index contributed by atoms with van der Waals surface area (Å²) in [5.74, 6) is -1.13. The molecule has 0 bridgehead atoms. The summed E-state index contributed by atoms with van der Waals surface area (Å²) < 4.78 is 20.6. The predicted molar refractivity (Wildman–Crippen MR) is 107 cm³/mol. The lowest BCUT2D eigenvalue weighted by molar-refractivity contribution is 0.0490. The number of Topliss-reactive ketones (excluding diaryl/α,β-unsaturated/α-hetero) is 1. The van der Waals surface area contributed by atoms with E-state index in [-0.39, 0.29) is 10.6 Å². The maximum Gasteiger partial charge on any atom is 0.408 e. The van der Waals surface area contributed by atoms with Crippen LogP contribution in [-0.4, -0.2) is 17.5 Å². The molecule has 1 N–H and O–H groups in total. The molecule has 1 unspecified atom stereocenters. The second-order valence-electron chi connectivity index (χ2n) is 6.62. The first kappa shape index (κ1) is 20.6. The van der Waals surface area contributed by atoms with Crippen LogP contribution in [0.3, 0.4) is 0 Å². The molecule has 0 aliphatic heterocycles. The second-order valence-corrected chi connectivity index (χ2v) is 8.30. The molecule has 0 heterocycles. The van der Waals surface area contributed by atoms with E-state index in [9.17, 15) is 14.0 Å². The van der Waals surface area contributed by atoms with E-state index >= 15 is 0 Å². The number of nitrogens with one attached hydrogen (secondary N) is 1. The van der Waals surface area contributed by atoms with Crippen LogP contribution in [0.4, 0.5) is 9.18 Å². The number of benzene rings is 2. The third-order valence-electron chi connectivity index (χ3n) is 3.33. The van der Waals surface area contributed by atoms with Crippen LogP contribution >= 0.6 is 34.2 Å². The first-order chi connectivity index (χ1) is 12.1. The Morgan fingerprint density at radius 1 is 1.15 bits per heavy atom. The molecule has 0 spiro atoms. The molecule has 0 saturated heterocycles. The Balaban J connectivity index is 2.39. The van der Waals surface area contributed by atoms with Crippen molar-refractivity contribution in [2.75, 3.05) is 0 Å². The van der Waals surface area contributed by atoms with Crippen molar-refractivity contribution in [3.8, 4) is 0 Å². The number of carbonyl (C=O) groups excluding carboxylic acids is 2. The Bertz CT molecular complexity index is 819. The van der Waals surface area contributed by atoms with E-state index in [4.69, 9.17) is 16.3 Å². The van der Waals surface area contributed by atoms with E-state index in [2.05, 4.69) is 27.9 Å². The van der Waals surface area contributed by atoms with E-state index in [1.165, 1.54) is 12.1 Å². The zero-order valence-electron chi connectivity index (χ0n) is 14.5. The quantitative estimate of drug-likeness (QED) is 0.454. The van der Waals surface area contributed by atoms with Crippen LogP contribution in [0.5, 0.6) is 0 Å². The molecule has 0 saturated carbocycles. The average Bonchev–Trinajstić information content (AvgIpc) is 2.51. The van der Waals surface area contributed by atoms with Crippen molar-refractivity contribution in [3.05, 3.63) is 68.0 Å². The fourth-order valence-corrected chi connectivity index (χ4v) is 2.74. The summed E-state index contributed by atoms with van der Waals surface area (Å²) in [6, 6.07) is 9.48. The first-order valence-corrected chi connectivity index (χ1v) is 9.27. The second kappa shape index (κ2) is 8.35. The number of alkyl carbamates (subject to hydrolysis) is 1. The van der Waals surface area contributed by atoms with Gasteiger partial charge in [-0.1, -0.05) is 29.8 Å². The molecule has 0 aromatic heterocycles. The van der Waals surface area contributed by atoms with Crippen LogP contribution in [0.15, 0.2) is 42.5 Å².